The highest BCUT2D eigenvalue weighted by Gasteiger charge is 2.32. The van der Waals surface area contributed by atoms with Gasteiger partial charge in [-0.05, 0) is 57.9 Å². The maximum absolute atomic E-state index is 3.73. The zero-order chi connectivity index (χ0) is 12.8. The van der Waals surface area contributed by atoms with E-state index in [9.17, 15) is 0 Å². The Labute approximate surface area is 113 Å². The molecular formula is C16H32N2. The standard InChI is InChI=1S/C16H32N2/c1-3-4-5-6-13(2)17-10-9-14-11-15-7-8-16(12-14)18-15/h13-18H,3-12H2,1-2H3. The largest absolute Gasteiger partial charge is 0.314 e. The van der Waals surface area contributed by atoms with Gasteiger partial charge in [0.25, 0.3) is 0 Å². The predicted molar refractivity (Wildman–Crippen MR) is 78.9 cm³/mol. The molecule has 2 heterocycles. The van der Waals surface area contributed by atoms with Crippen LogP contribution in [0, 0.1) is 5.92 Å². The summed E-state index contributed by atoms with van der Waals surface area (Å²) in [6.07, 6.45) is 12.6. The second kappa shape index (κ2) is 7.49. The first-order valence-corrected chi connectivity index (χ1v) is 8.27. The summed E-state index contributed by atoms with van der Waals surface area (Å²) >= 11 is 0. The summed E-state index contributed by atoms with van der Waals surface area (Å²) in [5.74, 6) is 0.985. The smallest absolute Gasteiger partial charge is 0.00728 e. The SMILES string of the molecule is CCCCCC(C)NCCC1CC2CCC(C1)N2. The lowest BCUT2D eigenvalue weighted by molar-refractivity contribution is 0.280. The first-order chi connectivity index (χ1) is 8.78. The molecule has 3 atom stereocenters. The number of nitrogens with one attached hydrogen (secondary N) is 2. The minimum absolute atomic E-state index is 0.718. The van der Waals surface area contributed by atoms with Crippen LogP contribution >= 0.6 is 0 Å². The summed E-state index contributed by atoms with van der Waals surface area (Å²) in [6.45, 7) is 5.86. The van der Waals surface area contributed by atoms with E-state index < -0.39 is 0 Å². The van der Waals surface area contributed by atoms with Gasteiger partial charge in [-0.15, -0.1) is 0 Å². The molecule has 2 nitrogen and oxygen atoms in total. The van der Waals surface area contributed by atoms with Crippen LogP contribution in [0.5, 0.6) is 0 Å². The van der Waals surface area contributed by atoms with Crippen molar-refractivity contribution in [1.29, 1.82) is 0 Å². The third kappa shape index (κ3) is 4.55. The molecule has 0 radical (unpaired) electrons. The Morgan fingerprint density at radius 1 is 1.17 bits per heavy atom. The van der Waals surface area contributed by atoms with Gasteiger partial charge in [-0.3, -0.25) is 0 Å². The summed E-state index contributed by atoms with van der Waals surface area (Å²) < 4.78 is 0. The monoisotopic (exact) mass is 252 g/mol. The van der Waals surface area contributed by atoms with Crippen LogP contribution in [0.2, 0.25) is 0 Å². The van der Waals surface area contributed by atoms with Gasteiger partial charge in [-0.2, -0.15) is 0 Å². The lowest BCUT2D eigenvalue weighted by Gasteiger charge is -2.29. The average molecular weight is 252 g/mol. The molecule has 2 heteroatoms. The molecule has 18 heavy (non-hydrogen) atoms. The van der Waals surface area contributed by atoms with Crippen LogP contribution in [0.3, 0.4) is 0 Å². The molecular weight excluding hydrogens is 220 g/mol. The van der Waals surface area contributed by atoms with Crippen LogP contribution in [0.4, 0.5) is 0 Å². The van der Waals surface area contributed by atoms with E-state index in [1.54, 1.807) is 0 Å². The fourth-order valence-corrected chi connectivity index (χ4v) is 3.75. The molecule has 106 valence electrons. The second-order valence-electron chi connectivity index (χ2n) is 6.61. The lowest BCUT2D eigenvalue weighted by atomic mass is 9.89. The number of piperidine rings is 1. The third-order valence-corrected chi connectivity index (χ3v) is 4.86. The highest BCUT2D eigenvalue weighted by Crippen LogP contribution is 2.32. The average Bonchev–Trinajstić information content (AvgIpc) is 2.69. The molecule has 0 aromatic carbocycles. The Balaban J connectivity index is 1.52. The van der Waals surface area contributed by atoms with Gasteiger partial charge in [0.2, 0.25) is 0 Å². The molecule has 2 rings (SSSR count). The van der Waals surface area contributed by atoms with E-state index in [4.69, 9.17) is 0 Å². The van der Waals surface area contributed by atoms with E-state index in [0.29, 0.717) is 0 Å². The zero-order valence-electron chi connectivity index (χ0n) is 12.4. The van der Waals surface area contributed by atoms with Gasteiger partial charge < -0.3 is 10.6 Å². The molecule has 2 N–H and O–H groups in total. The summed E-state index contributed by atoms with van der Waals surface area (Å²) in [5, 5.41) is 7.45. The van der Waals surface area contributed by atoms with E-state index in [1.165, 1.54) is 64.3 Å². The molecule has 0 amide bonds. The van der Waals surface area contributed by atoms with Gasteiger partial charge in [-0.1, -0.05) is 26.2 Å². The van der Waals surface area contributed by atoms with Gasteiger partial charge in [-0.25, -0.2) is 0 Å². The van der Waals surface area contributed by atoms with Crippen molar-refractivity contribution >= 4 is 0 Å². The van der Waals surface area contributed by atoms with Crippen LogP contribution < -0.4 is 10.6 Å². The topological polar surface area (TPSA) is 24.1 Å². The first kappa shape index (κ1) is 14.3. The molecule has 0 spiro atoms. The van der Waals surface area contributed by atoms with Crippen molar-refractivity contribution in [1.82, 2.24) is 10.6 Å². The predicted octanol–water partition coefficient (Wildman–Crippen LogP) is 3.47. The zero-order valence-corrected chi connectivity index (χ0v) is 12.4. The van der Waals surface area contributed by atoms with E-state index in [0.717, 1.165) is 24.0 Å². The van der Waals surface area contributed by atoms with E-state index in [-0.39, 0.29) is 0 Å². The summed E-state index contributed by atoms with van der Waals surface area (Å²) in [6, 6.07) is 2.43. The normalized spacial score (nSPS) is 32.7. The van der Waals surface area contributed by atoms with Gasteiger partial charge >= 0.3 is 0 Å². The van der Waals surface area contributed by atoms with Crippen LogP contribution in [-0.4, -0.2) is 24.7 Å². The summed E-state index contributed by atoms with van der Waals surface area (Å²) in [5.41, 5.74) is 0. The van der Waals surface area contributed by atoms with Crippen LogP contribution in [0.1, 0.15) is 71.6 Å². The molecule has 0 aliphatic carbocycles. The summed E-state index contributed by atoms with van der Waals surface area (Å²) in [4.78, 5) is 0. The number of fused-ring (bicyclic) bond motifs is 2. The van der Waals surface area contributed by atoms with Crippen LogP contribution in [-0.2, 0) is 0 Å². The number of hydrogen-bond acceptors (Lipinski definition) is 2. The molecule has 3 unspecified atom stereocenters. The maximum atomic E-state index is 3.73. The third-order valence-electron chi connectivity index (χ3n) is 4.86. The first-order valence-electron chi connectivity index (χ1n) is 8.27. The van der Waals surface area contributed by atoms with Crippen molar-refractivity contribution in [3.05, 3.63) is 0 Å². The molecule has 0 saturated carbocycles. The van der Waals surface area contributed by atoms with Crippen LogP contribution in [0.25, 0.3) is 0 Å². The molecule has 2 saturated heterocycles. The van der Waals surface area contributed by atoms with Crippen LogP contribution in [0.15, 0.2) is 0 Å². The second-order valence-corrected chi connectivity index (χ2v) is 6.61. The van der Waals surface area contributed by atoms with Crippen molar-refractivity contribution in [2.75, 3.05) is 6.54 Å². The molecule has 2 bridgehead atoms. The van der Waals surface area contributed by atoms with Gasteiger partial charge in [0.1, 0.15) is 0 Å². The molecule has 2 aliphatic heterocycles. The highest BCUT2D eigenvalue weighted by atomic mass is 15.0. The van der Waals surface area contributed by atoms with Gasteiger partial charge in [0.05, 0.1) is 0 Å². The van der Waals surface area contributed by atoms with Crippen molar-refractivity contribution in [2.24, 2.45) is 5.92 Å². The Hall–Kier alpha value is -0.0800. The molecule has 0 aromatic rings. The molecule has 2 aliphatic rings. The van der Waals surface area contributed by atoms with Gasteiger partial charge in [0, 0.05) is 18.1 Å². The van der Waals surface area contributed by atoms with Crippen molar-refractivity contribution in [2.45, 2.75) is 89.8 Å². The van der Waals surface area contributed by atoms with E-state index in [1.807, 2.05) is 0 Å². The highest BCUT2D eigenvalue weighted by molar-refractivity contribution is 4.92. The molecule has 0 aromatic heterocycles. The fraction of sp³-hybridized carbons (Fsp3) is 1.00. The number of unbranched alkanes of at least 4 members (excludes halogenated alkanes) is 2. The summed E-state index contributed by atoms with van der Waals surface area (Å²) in [7, 11) is 0. The Morgan fingerprint density at radius 3 is 2.56 bits per heavy atom. The quantitative estimate of drug-likeness (QED) is 0.646. The number of rotatable bonds is 8. The fourth-order valence-electron chi connectivity index (χ4n) is 3.75. The Morgan fingerprint density at radius 2 is 1.89 bits per heavy atom. The van der Waals surface area contributed by atoms with E-state index in [2.05, 4.69) is 24.5 Å². The van der Waals surface area contributed by atoms with Crippen molar-refractivity contribution < 1.29 is 0 Å². The van der Waals surface area contributed by atoms with Crippen molar-refractivity contribution in [3.8, 4) is 0 Å². The van der Waals surface area contributed by atoms with Crippen molar-refractivity contribution in [3.63, 3.8) is 0 Å². The minimum atomic E-state index is 0.718. The maximum Gasteiger partial charge on any atom is 0.00728 e. The van der Waals surface area contributed by atoms with E-state index >= 15 is 0 Å². The Bertz CT molecular complexity index is 217. The minimum Gasteiger partial charge on any atom is -0.314 e. The number of hydrogen-bond donors (Lipinski definition) is 2. The molecule has 2 fully saturated rings. The van der Waals surface area contributed by atoms with Gasteiger partial charge in [0.15, 0.2) is 0 Å². The Kier molecular flexibility index (Phi) is 5.97. The lowest BCUT2D eigenvalue weighted by Crippen LogP contribution is -2.39.